The molecule has 0 atom stereocenters. The molecule has 122 valence electrons. The quantitative estimate of drug-likeness (QED) is 0.474. The molecule has 0 heterocycles. The average molecular weight is 353 g/mol. The van der Waals surface area contributed by atoms with Crippen molar-refractivity contribution < 1.29 is 24.5 Å². The van der Waals surface area contributed by atoms with Crippen LogP contribution in [0.15, 0.2) is 35.4 Å². The van der Waals surface area contributed by atoms with Gasteiger partial charge in [-0.1, -0.05) is 26.0 Å². The van der Waals surface area contributed by atoms with Crippen LogP contribution in [0.1, 0.15) is 19.4 Å². The van der Waals surface area contributed by atoms with Crippen LogP contribution >= 0.6 is 0 Å². The number of carboxylic acid groups (broad SMARTS) is 2. The summed E-state index contributed by atoms with van der Waals surface area (Å²) in [6.45, 7) is 4.13. The van der Waals surface area contributed by atoms with Gasteiger partial charge in [-0.25, -0.2) is 9.59 Å². The maximum atomic E-state index is 11.4. The van der Waals surface area contributed by atoms with E-state index >= 15 is 0 Å². The average Bonchev–Trinajstić information content (AvgIpc) is 2.44. The molecule has 0 spiro atoms. The van der Waals surface area contributed by atoms with E-state index in [9.17, 15) is 19.8 Å². The molecule has 0 unspecified atom stereocenters. The van der Waals surface area contributed by atoms with Crippen LogP contribution in [-0.2, 0) is 16.0 Å². The van der Waals surface area contributed by atoms with Crippen molar-refractivity contribution in [1.82, 2.24) is 0 Å². The molecular weight excluding hydrogens is 332 g/mol. The summed E-state index contributed by atoms with van der Waals surface area (Å²) in [5, 5.41) is 18.5. The molecule has 0 fully saturated rings. The predicted octanol–water partition coefficient (Wildman–Crippen LogP) is 0.927. The molecule has 2 radical (unpaired) electrons. The maximum Gasteiger partial charge on any atom is 0.332 e. The van der Waals surface area contributed by atoms with Crippen LogP contribution in [0.2, 0.25) is 0 Å². The molecule has 0 aliphatic heterocycles. The second-order valence-corrected chi connectivity index (χ2v) is 5.12. The first-order valence-electron chi connectivity index (χ1n) is 6.98. The van der Waals surface area contributed by atoms with Gasteiger partial charge < -0.3 is 20.7 Å². The Kier molecular flexibility index (Phi) is 14.0. The molecule has 1 aromatic carbocycles. The Bertz CT molecular complexity index is 570. The molecule has 0 amide bonds. The van der Waals surface area contributed by atoms with Crippen LogP contribution in [0.4, 0.5) is 0 Å². The SMILES string of the molecule is CC(C)C(C(=O)O)=C(Cc1ccc(OCCN)cc1)C(=O)O.[Na].[Na]. The van der Waals surface area contributed by atoms with Crippen LogP contribution in [0.3, 0.4) is 0 Å². The molecule has 0 saturated carbocycles. The van der Waals surface area contributed by atoms with Crippen molar-refractivity contribution in [3.05, 3.63) is 41.0 Å². The summed E-state index contributed by atoms with van der Waals surface area (Å²) in [6, 6.07) is 6.85. The molecule has 0 saturated heterocycles. The Balaban J connectivity index is 0. The second kappa shape index (κ2) is 12.9. The zero-order valence-corrected chi connectivity index (χ0v) is 18.7. The zero-order chi connectivity index (χ0) is 16.7. The topological polar surface area (TPSA) is 110 Å². The number of rotatable bonds is 8. The van der Waals surface area contributed by atoms with Crippen LogP contribution in [0.5, 0.6) is 5.75 Å². The van der Waals surface area contributed by atoms with E-state index in [-0.39, 0.29) is 82.6 Å². The van der Waals surface area contributed by atoms with Gasteiger partial charge in [-0.05, 0) is 23.6 Å². The number of ether oxygens (including phenoxy) is 1. The molecule has 8 heteroatoms. The van der Waals surface area contributed by atoms with Crippen molar-refractivity contribution in [2.24, 2.45) is 11.7 Å². The number of carbonyl (C=O) groups is 2. The number of hydrogen-bond donors (Lipinski definition) is 3. The Morgan fingerprint density at radius 3 is 2.00 bits per heavy atom. The number of benzene rings is 1. The van der Waals surface area contributed by atoms with E-state index in [1.807, 2.05) is 0 Å². The minimum atomic E-state index is -1.21. The fourth-order valence-electron chi connectivity index (χ4n) is 2.09. The van der Waals surface area contributed by atoms with E-state index in [1.54, 1.807) is 38.1 Å². The number of hydrogen-bond acceptors (Lipinski definition) is 4. The fraction of sp³-hybridized carbons (Fsp3) is 0.375. The van der Waals surface area contributed by atoms with Gasteiger partial charge in [0, 0.05) is 72.1 Å². The van der Waals surface area contributed by atoms with Gasteiger partial charge in [-0.3, -0.25) is 0 Å². The predicted molar refractivity (Wildman–Crippen MR) is 93.3 cm³/mol. The summed E-state index contributed by atoms with van der Waals surface area (Å²) in [6.07, 6.45) is 0.0479. The van der Waals surface area contributed by atoms with Crippen molar-refractivity contribution in [3.8, 4) is 5.75 Å². The van der Waals surface area contributed by atoms with E-state index in [4.69, 9.17) is 10.5 Å². The smallest absolute Gasteiger partial charge is 0.332 e. The second-order valence-electron chi connectivity index (χ2n) is 5.12. The fourth-order valence-corrected chi connectivity index (χ4v) is 2.09. The first-order valence-corrected chi connectivity index (χ1v) is 6.98. The van der Waals surface area contributed by atoms with Crippen LogP contribution in [-0.4, -0.2) is 94.4 Å². The van der Waals surface area contributed by atoms with E-state index < -0.39 is 11.9 Å². The molecule has 0 aliphatic carbocycles. The molecule has 0 bridgehead atoms. The summed E-state index contributed by atoms with van der Waals surface area (Å²) >= 11 is 0. The normalized spacial score (nSPS) is 11.0. The Morgan fingerprint density at radius 2 is 1.62 bits per heavy atom. The van der Waals surface area contributed by atoms with Gasteiger partial charge in [0.25, 0.3) is 0 Å². The third-order valence-corrected chi connectivity index (χ3v) is 3.08. The summed E-state index contributed by atoms with van der Waals surface area (Å²) in [5.74, 6) is -2.15. The van der Waals surface area contributed by atoms with Crippen molar-refractivity contribution in [2.45, 2.75) is 20.3 Å². The van der Waals surface area contributed by atoms with Crippen molar-refractivity contribution in [3.63, 3.8) is 0 Å². The molecule has 0 aromatic heterocycles. The third kappa shape index (κ3) is 8.16. The monoisotopic (exact) mass is 353 g/mol. The first kappa shape index (κ1) is 25.9. The minimum Gasteiger partial charge on any atom is -0.492 e. The Morgan fingerprint density at radius 1 is 1.08 bits per heavy atom. The van der Waals surface area contributed by atoms with Gasteiger partial charge in [-0.15, -0.1) is 0 Å². The van der Waals surface area contributed by atoms with Crippen molar-refractivity contribution >= 4 is 71.1 Å². The molecule has 1 rings (SSSR count). The standard InChI is InChI=1S/C16H21NO5.2Na/c1-10(2)14(16(20)21)13(15(18)19)9-11-3-5-12(6-4-11)22-8-7-17;;/h3-6,10H,7-9,17H2,1-2H3,(H,18,19)(H,20,21);;. The summed E-state index contributed by atoms with van der Waals surface area (Å²) in [4.78, 5) is 22.7. The van der Waals surface area contributed by atoms with Crippen molar-refractivity contribution in [1.29, 1.82) is 0 Å². The summed E-state index contributed by atoms with van der Waals surface area (Å²) in [5.41, 5.74) is 5.88. The summed E-state index contributed by atoms with van der Waals surface area (Å²) < 4.78 is 5.34. The van der Waals surface area contributed by atoms with Gasteiger partial charge in [0.1, 0.15) is 12.4 Å². The molecular formula is C16H21NNa2O5. The number of nitrogens with two attached hydrogens (primary N) is 1. The zero-order valence-electron chi connectivity index (χ0n) is 14.7. The van der Waals surface area contributed by atoms with E-state index in [0.717, 1.165) is 0 Å². The van der Waals surface area contributed by atoms with Crippen LogP contribution in [0, 0.1) is 5.92 Å². The van der Waals surface area contributed by atoms with Gasteiger partial charge in [0.05, 0.1) is 11.1 Å². The van der Waals surface area contributed by atoms with Crippen LogP contribution < -0.4 is 10.5 Å². The van der Waals surface area contributed by atoms with E-state index in [2.05, 4.69) is 0 Å². The van der Waals surface area contributed by atoms with Crippen molar-refractivity contribution in [2.75, 3.05) is 13.2 Å². The molecule has 24 heavy (non-hydrogen) atoms. The molecule has 0 aliphatic rings. The first-order chi connectivity index (χ1) is 10.4. The third-order valence-electron chi connectivity index (χ3n) is 3.08. The Labute approximate surface area is 186 Å². The van der Waals surface area contributed by atoms with Gasteiger partial charge >= 0.3 is 11.9 Å². The van der Waals surface area contributed by atoms with E-state index in [0.29, 0.717) is 24.5 Å². The molecule has 1 aromatic rings. The van der Waals surface area contributed by atoms with E-state index in [1.165, 1.54) is 0 Å². The maximum absolute atomic E-state index is 11.4. The summed E-state index contributed by atoms with van der Waals surface area (Å²) in [7, 11) is 0. The number of carboxylic acids is 2. The van der Waals surface area contributed by atoms with Crippen LogP contribution in [0.25, 0.3) is 0 Å². The molecule has 4 N–H and O–H groups in total. The molecule has 6 nitrogen and oxygen atoms in total. The number of aliphatic carboxylic acids is 2. The van der Waals surface area contributed by atoms with Gasteiger partial charge in [0.2, 0.25) is 0 Å². The largest absolute Gasteiger partial charge is 0.492 e. The Hall–Kier alpha value is -0.340. The minimum absolute atomic E-state index is 0. The van der Waals surface area contributed by atoms with Gasteiger partial charge in [0.15, 0.2) is 0 Å². The van der Waals surface area contributed by atoms with Gasteiger partial charge in [-0.2, -0.15) is 0 Å².